The van der Waals surface area contributed by atoms with Gasteiger partial charge in [-0.25, -0.2) is 4.79 Å². The highest BCUT2D eigenvalue weighted by Gasteiger charge is 2.35. The van der Waals surface area contributed by atoms with Gasteiger partial charge in [-0.2, -0.15) is 0 Å². The van der Waals surface area contributed by atoms with Crippen LogP contribution in [0.3, 0.4) is 0 Å². The summed E-state index contributed by atoms with van der Waals surface area (Å²) < 4.78 is 7.34. The topological polar surface area (TPSA) is 87.5 Å². The van der Waals surface area contributed by atoms with Crippen LogP contribution in [0.2, 0.25) is 0 Å². The number of aliphatic hydroxyl groups excluding tert-OH is 2. The van der Waals surface area contributed by atoms with Gasteiger partial charge >= 0.3 is 5.69 Å². The molecular formula is C16H18N2O4S. The van der Waals surface area contributed by atoms with E-state index in [1.165, 1.54) is 4.57 Å². The normalized spacial score (nSPS) is 24.0. The van der Waals surface area contributed by atoms with Crippen molar-refractivity contribution in [3.05, 3.63) is 62.8 Å². The molecule has 1 saturated heterocycles. The molecule has 1 fully saturated rings. The first-order valence-corrected chi connectivity index (χ1v) is 7.82. The molecule has 0 amide bonds. The SMILES string of the molecule is O=c1[nH]c(=S)c(Cc2ccccc2)cn1[C@@H]1C[C@@H](O)[C@H](CO)O1. The van der Waals surface area contributed by atoms with Gasteiger partial charge in [0.1, 0.15) is 17.0 Å². The Morgan fingerprint density at radius 1 is 1.35 bits per heavy atom. The first-order valence-electron chi connectivity index (χ1n) is 7.41. The molecule has 1 aromatic heterocycles. The number of benzene rings is 1. The summed E-state index contributed by atoms with van der Waals surface area (Å²) in [6.45, 7) is -0.286. The number of hydrogen-bond acceptors (Lipinski definition) is 5. The van der Waals surface area contributed by atoms with Crippen molar-refractivity contribution in [2.24, 2.45) is 0 Å². The van der Waals surface area contributed by atoms with E-state index in [9.17, 15) is 9.90 Å². The molecule has 1 aromatic carbocycles. The first-order chi connectivity index (χ1) is 11.1. The van der Waals surface area contributed by atoms with E-state index in [0.29, 0.717) is 11.1 Å². The van der Waals surface area contributed by atoms with Crippen LogP contribution in [0.4, 0.5) is 0 Å². The lowest BCUT2D eigenvalue weighted by Crippen LogP contribution is -2.28. The summed E-state index contributed by atoms with van der Waals surface area (Å²) >= 11 is 5.24. The fourth-order valence-electron chi connectivity index (χ4n) is 2.73. The molecule has 2 aromatic rings. The van der Waals surface area contributed by atoms with Gasteiger partial charge in [0.25, 0.3) is 0 Å². The molecule has 23 heavy (non-hydrogen) atoms. The molecule has 0 unspecified atom stereocenters. The number of rotatable bonds is 4. The van der Waals surface area contributed by atoms with Gasteiger partial charge in [-0.3, -0.25) is 9.55 Å². The zero-order valence-corrected chi connectivity index (χ0v) is 13.2. The third-order valence-electron chi connectivity index (χ3n) is 3.97. The van der Waals surface area contributed by atoms with E-state index in [-0.39, 0.29) is 18.7 Å². The van der Waals surface area contributed by atoms with Crippen molar-refractivity contribution >= 4 is 12.2 Å². The zero-order valence-electron chi connectivity index (χ0n) is 12.4. The molecule has 0 radical (unpaired) electrons. The van der Waals surface area contributed by atoms with Gasteiger partial charge in [0, 0.05) is 24.6 Å². The number of hydrogen-bond donors (Lipinski definition) is 3. The maximum atomic E-state index is 12.1. The smallest absolute Gasteiger partial charge is 0.328 e. The van der Waals surface area contributed by atoms with Crippen molar-refractivity contribution in [3.8, 4) is 0 Å². The third kappa shape index (κ3) is 3.42. The lowest BCUT2D eigenvalue weighted by molar-refractivity contribution is -0.0459. The maximum absolute atomic E-state index is 12.1. The van der Waals surface area contributed by atoms with Gasteiger partial charge in [0.2, 0.25) is 0 Å². The molecule has 1 aliphatic heterocycles. The van der Waals surface area contributed by atoms with Gasteiger partial charge in [0.05, 0.1) is 12.7 Å². The molecule has 1 aliphatic rings. The Morgan fingerprint density at radius 3 is 2.74 bits per heavy atom. The standard InChI is InChI=1S/C16H18N2O4S/c19-9-13-12(20)7-14(22-13)18-8-11(15(23)17-16(18)21)6-10-4-2-1-3-5-10/h1-5,8,12-14,19-20H,6-7,9H2,(H,17,21,23)/t12-,13+,14+/m1/s1. The predicted molar refractivity (Wildman–Crippen MR) is 86.8 cm³/mol. The fraction of sp³-hybridized carbons (Fsp3) is 0.375. The summed E-state index contributed by atoms with van der Waals surface area (Å²) in [5.74, 6) is 0. The second-order valence-electron chi connectivity index (χ2n) is 5.60. The number of H-pyrrole nitrogens is 1. The Kier molecular flexibility index (Phi) is 4.72. The Labute approximate surface area is 138 Å². The van der Waals surface area contributed by atoms with Crippen LogP contribution in [0, 0.1) is 4.64 Å². The van der Waals surface area contributed by atoms with Gasteiger partial charge in [-0.1, -0.05) is 42.5 Å². The number of aliphatic hydroxyl groups is 2. The number of nitrogens with one attached hydrogen (secondary N) is 1. The van der Waals surface area contributed by atoms with E-state index >= 15 is 0 Å². The Morgan fingerprint density at radius 2 is 2.09 bits per heavy atom. The van der Waals surface area contributed by atoms with Gasteiger partial charge in [0.15, 0.2) is 0 Å². The zero-order chi connectivity index (χ0) is 16.4. The van der Waals surface area contributed by atoms with E-state index in [0.717, 1.165) is 11.1 Å². The molecule has 0 spiro atoms. The quantitative estimate of drug-likeness (QED) is 0.730. The molecule has 0 saturated carbocycles. The van der Waals surface area contributed by atoms with E-state index in [1.807, 2.05) is 30.3 Å². The van der Waals surface area contributed by atoms with Crippen LogP contribution in [0.15, 0.2) is 41.3 Å². The van der Waals surface area contributed by atoms with Gasteiger partial charge < -0.3 is 14.9 Å². The van der Waals surface area contributed by atoms with Crippen LogP contribution >= 0.6 is 12.2 Å². The van der Waals surface area contributed by atoms with Crippen LogP contribution in [0.1, 0.15) is 23.8 Å². The van der Waals surface area contributed by atoms with Crippen molar-refractivity contribution in [1.29, 1.82) is 0 Å². The number of aromatic nitrogens is 2. The average Bonchev–Trinajstić information content (AvgIpc) is 2.91. The average molecular weight is 334 g/mol. The number of nitrogens with zero attached hydrogens (tertiary/aromatic N) is 1. The van der Waals surface area contributed by atoms with E-state index in [4.69, 9.17) is 22.1 Å². The summed E-state index contributed by atoms with van der Waals surface area (Å²) in [7, 11) is 0. The Balaban J connectivity index is 1.92. The highest BCUT2D eigenvalue weighted by atomic mass is 32.1. The second kappa shape index (κ2) is 6.76. The number of ether oxygens (including phenoxy) is 1. The molecule has 122 valence electrons. The highest BCUT2D eigenvalue weighted by Crippen LogP contribution is 2.27. The van der Waals surface area contributed by atoms with Gasteiger partial charge in [-0.05, 0) is 5.56 Å². The summed E-state index contributed by atoms with van der Waals surface area (Å²) in [5.41, 5.74) is 1.50. The summed E-state index contributed by atoms with van der Waals surface area (Å²) in [6.07, 6.45) is 0.433. The molecule has 3 rings (SSSR count). The van der Waals surface area contributed by atoms with Crippen LogP contribution in [0.25, 0.3) is 0 Å². The monoisotopic (exact) mass is 334 g/mol. The van der Waals surface area contributed by atoms with Crippen LogP contribution in [0.5, 0.6) is 0 Å². The van der Waals surface area contributed by atoms with Crippen LogP contribution in [-0.4, -0.2) is 38.6 Å². The van der Waals surface area contributed by atoms with Crippen molar-refractivity contribution < 1.29 is 14.9 Å². The summed E-state index contributed by atoms with van der Waals surface area (Å²) in [6, 6.07) is 9.80. The Hall–Kier alpha value is -1.80. The van der Waals surface area contributed by atoms with Gasteiger partial charge in [-0.15, -0.1) is 0 Å². The first kappa shape index (κ1) is 16.1. The lowest BCUT2D eigenvalue weighted by atomic mass is 10.1. The molecule has 3 atom stereocenters. The van der Waals surface area contributed by atoms with Crippen molar-refractivity contribution in [2.75, 3.05) is 6.61 Å². The van der Waals surface area contributed by atoms with Crippen molar-refractivity contribution in [3.63, 3.8) is 0 Å². The minimum atomic E-state index is -0.794. The lowest BCUT2D eigenvalue weighted by Gasteiger charge is -2.16. The number of aromatic amines is 1. The molecular weight excluding hydrogens is 316 g/mol. The summed E-state index contributed by atoms with van der Waals surface area (Å²) in [4.78, 5) is 14.8. The maximum Gasteiger partial charge on any atom is 0.328 e. The minimum Gasteiger partial charge on any atom is -0.394 e. The Bertz CT molecular complexity index is 787. The second-order valence-corrected chi connectivity index (χ2v) is 6.01. The van der Waals surface area contributed by atoms with Crippen LogP contribution < -0.4 is 5.69 Å². The minimum absolute atomic E-state index is 0.251. The van der Waals surface area contributed by atoms with E-state index in [1.54, 1.807) is 6.20 Å². The molecule has 7 heteroatoms. The fourth-order valence-corrected chi connectivity index (χ4v) is 2.95. The van der Waals surface area contributed by atoms with Crippen molar-refractivity contribution in [1.82, 2.24) is 9.55 Å². The molecule has 2 heterocycles. The van der Waals surface area contributed by atoms with Crippen LogP contribution in [-0.2, 0) is 11.2 Å². The predicted octanol–water partition coefficient (Wildman–Crippen LogP) is 1.14. The molecule has 3 N–H and O–H groups in total. The van der Waals surface area contributed by atoms with Crippen molar-refractivity contribution in [2.45, 2.75) is 31.3 Å². The highest BCUT2D eigenvalue weighted by molar-refractivity contribution is 7.71. The largest absolute Gasteiger partial charge is 0.394 e. The summed E-state index contributed by atoms with van der Waals surface area (Å²) in [5, 5.41) is 19.0. The van der Waals surface area contributed by atoms with E-state index < -0.39 is 18.4 Å². The molecule has 0 aliphatic carbocycles. The molecule has 0 bridgehead atoms. The third-order valence-corrected chi connectivity index (χ3v) is 4.34. The van der Waals surface area contributed by atoms with E-state index in [2.05, 4.69) is 4.98 Å². The molecule has 6 nitrogen and oxygen atoms in total.